The molecule has 26 heavy (non-hydrogen) atoms. The quantitative estimate of drug-likeness (QED) is 0.725. The van der Waals surface area contributed by atoms with Crippen molar-refractivity contribution < 1.29 is 4.79 Å². The largest absolute Gasteiger partial charge is 0.294 e. The number of Topliss-reactive ketones (excluding diaryl/α,β-unsaturated/α-hetero) is 1. The standard InChI is InChI=1S/C24H27NO/c1-2-3-14-21-23-20(17-25(21)16-18-10-6-4-7-11-18)15-22(26)24(23)19-12-8-5-9-13-19/h4-13,20-21H,2-3,14-17H2,1H3/t20-,21+/m0/s1. The molecule has 2 aromatic carbocycles. The third-order valence-corrected chi connectivity index (χ3v) is 5.82. The third-order valence-electron chi connectivity index (χ3n) is 5.82. The van der Waals surface area contributed by atoms with Gasteiger partial charge in [-0.15, -0.1) is 0 Å². The summed E-state index contributed by atoms with van der Waals surface area (Å²) in [6, 6.07) is 21.4. The number of fused-ring (bicyclic) bond motifs is 1. The summed E-state index contributed by atoms with van der Waals surface area (Å²) >= 11 is 0. The summed E-state index contributed by atoms with van der Waals surface area (Å²) in [6.07, 6.45) is 4.25. The van der Waals surface area contributed by atoms with E-state index >= 15 is 0 Å². The number of benzene rings is 2. The van der Waals surface area contributed by atoms with Crippen LogP contribution in [0.5, 0.6) is 0 Å². The molecule has 1 saturated heterocycles. The highest BCUT2D eigenvalue weighted by atomic mass is 16.1. The Balaban J connectivity index is 1.70. The van der Waals surface area contributed by atoms with Gasteiger partial charge in [-0.1, -0.05) is 80.4 Å². The number of nitrogens with zero attached hydrogens (tertiary/aromatic N) is 1. The van der Waals surface area contributed by atoms with Crippen molar-refractivity contribution in [3.8, 4) is 0 Å². The molecule has 4 rings (SSSR count). The zero-order valence-electron chi connectivity index (χ0n) is 15.5. The van der Waals surface area contributed by atoms with E-state index in [0.29, 0.717) is 24.2 Å². The second-order valence-corrected chi connectivity index (χ2v) is 7.59. The van der Waals surface area contributed by atoms with Gasteiger partial charge in [-0.25, -0.2) is 0 Å². The Morgan fingerprint density at radius 3 is 2.38 bits per heavy atom. The van der Waals surface area contributed by atoms with Crippen molar-refractivity contribution in [1.82, 2.24) is 4.90 Å². The molecule has 0 N–H and O–H groups in total. The smallest absolute Gasteiger partial charge is 0.164 e. The van der Waals surface area contributed by atoms with E-state index in [0.717, 1.165) is 30.6 Å². The zero-order valence-corrected chi connectivity index (χ0v) is 15.5. The van der Waals surface area contributed by atoms with Crippen LogP contribution >= 0.6 is 0 Å². The Labute approximate surface area is 156 Å². The molecule has 2 atom stereocenters. The number of unbranched alkanes of at least 4 members (excludes halogenated alkanes) is 1. The van der Waals surface area contributed by atoms with Gasteiger partial charge in [-0.3, -0.25) is 9.69 Å². The Hall–Kier alpha value is -2.19. The topological polar surface area (TPSA) is 20.3 Å². The lowest BCUT2D eigenvalue weighted by atomic mass is 9.92. The van der Waals surface area contributed by atoms with Crippen LogP contribution in [0.3, 0.4) is 0 Å². The number of hydrogen-bond donors (Lipinski definition) is 0. The molecule has 0 spiro atoms. The van der Waals surface area contributed by atoms with Gasteiger partial charge in [0, 0.05) is 37.0 Å². The van der Waals surface area contributed by atoms with Crippen LogP contribution in [-0.4, -0.2) is 23.3 Å². The van der Waals surface area contributed by atoms with Crippen molar-refractivity contribution >= 4 is 11.4 Å². The number of likely N-dealkylation sites (tertiary alicyclic amines) is 1. The Kier molecular flexibility index (Phi) is 5.03. The zero-order chi connectivity index (χ0) is 17.9. The van der Waals surface area contributed by atoms with Crippen molar-refractivity contribution in [2.45, 2.75) is 45.2 Å². The maximum Gasteiger partial charge on any atom is 0.164 e. The third kappa shape index (κ3) is 3.26. The summed E-state index contributed by atoms with van der Waals surface area (Å²) in [5.41, 5.74) is 4.91. The van der Waals surface area contributed by atoms with Gasteiger partial charge in [0.25, 0.3) is 0 Å². The van der Waals surface area contributed by atoms with Crippen LogP contribution < -0.4 is 0 Å². The van der Waals surface area contributed by atoms with Crippen molar-refractivity contribution in [3.63, 3.8) is 0 Å². The molecule has 2 nitrogen and oxygen atoms in total. The molecular weight excluding hydrogens is 318 g/mol. The molecule has 1 aliphatic carbocycles. The van der Waals surface area contributed by atoms with Gasteiger partial charge in [0.2, 0.25) is 0 Å². The van der Waals surface area contributed by atoms with Crippen molar-refractivity contribution in [2.24, 2.45) is 5.92 Å². The molecule has 2 heteroatoms. The van der Waals surface area contributed by atoms with Crippen LogP contribution in [0.1, 0.15) is 43.7 Å². The number of hydrogen-bond acceptors (Lipinski definition) is 2. The molecule has 1 aliphatic heterocycles. The second kappa shape index (κ2) is 7.59. The predicted molar refractivity (Wildman–Crippen MR) is 107 cm³/mol. The fraction of sp³-hybridized carbons (Fsp3) is 0.375. The van der Waals surface area contributed by atoms with Crippen molar-refractivity contribution in [2.75, 3.05) is 6.54 Å². The van der Waals surface area contributed by atoms with Crippen LogP contribution in [0, 0.1) is 5.92 Å². The maximum absolute atomic E-state index is 12.8. The molecule has 134 valence electrons. The molecule has 0 saturated carbocycles. The number of allylic oxidation sites excluding steroid dienone is 1. The lowest BCUT2D eigenvalue weighted by molar-refractivity contribution is -0.113. The van der Waals surface area contributed by atoms with Gasteiger partial charge in [-0.05, 0) is 23.1 Å². The van der Waals surface area contributed by atoms with Crippen molar-refractivity contribution in [1.29, 1.82) is 0 Å². The van der Waals surface area contributed by atoms with Crippen LogP contribution in [0.4, 0.5) is 0 Å². The summed E-state index contributed by atoms with van der Waals surface area (Å²) < 4.78 is 0. The van der Waals surface area contributed by atoms with E-state index in [-0.39, 0.29) is 0 Å². The Bertz CT molecular complexity index is 793. The van der Waals surface area contributed by atoms with Gasteiger partial charge in [0.1, 0.15) is 0 Å². The summed E-state index contributed by atoms with van der Waals surface area (Å²) in [7, 11) is 0. The Morgan fingerprint density at radius 1 is 1.00 bits per heavy atom. The highest BCUT2D eigenvalue weighted by Gasteiger charge is 2.44. The summed E-state index contributed by atoms with van der Waals surface area (Å²) in [5, 5.41) is 0. The minimum atomic E-state index is 0.344. The van der Waals surface area contributed by atoms with E-state index in [4.69, 9.17) is 0 Å². The SMILES string of the molecule is CCCC[C@@H]1C2=C(c3ccccc3)C(=O)C[C@H]2CN1Cc1ccccc1. The lowest BCUT2D eigenvalue weighted by Gasteiger charge is -2.26. The van der Waals surface area contributed by atoms with Crippen LogP contribution in [0.15, 0.2) is 66.2 Å². The lowest BCUT2D eigenvalue weighted by Crippen LogP contribution is -2.30. The van der Waals surface area contributed by atoms with Gasteiger partial charge in [0.15, 0.2) is 5.78 Å². The normalized spacial score (nSPS) is 22.9. The van der Waals surface area contributed by atoms with Crippen LogP contribution in [0.25, 0.3) is 5.57 Å². The maximum atomic E-state index is 12.8. The van der Waals surface area contributed by atoms with E-state index in [9.17, 15) is 4.79 Å². The van der Waals surface area contributed by atoms with Crippen LogP contribution in [0.2, 0.25) is 0 Å². The fourth-order valence-electron chi connectivity index (χ4n) is 4.67. The van der Waals surface area contributed by atoms with Gasteiger partial charge in [0.05, 0.1) is 0 Å². The van der Waals surface area contributed by atoms with Gasteiger partial charge >= 0.3 is 0 Å². The van der Waals surface area contributed by atoms with Gasteiger partial charge in [-0.2, -0.15) is 0 Å². The highest BCUT2D eigenvalue weighted by Crippen LogP contribution is 2.45. The average Bonchev–Trinajstić information content (AvgIpc) is 3.15. The number of carbonyl (C=O) groups excluding carboxylic acids is 1. The van der Waals surface area contributed by atoms with Crippen LogP contribution in [-0.2, 0) is 11.3 Å². The van der Waals surface area contributed by atoms with Crippen molar-refractivity contribution in [3.05, 3.63) is 77.4 Å². The predicted octanol–water partition coefficient (Wildman–Crippen LogP) is 5.10. The Morgan fingerprint density at radius 2 is 1.69 bits per heavy atom. The number of carbonyl (C=O) groups is 1. The molecule has 1 fully saturated rings. The molecule has 0 radical (unpaired) electrons. The van der Waals surface area contributed by atoms with E-state index in [1.54, 1.807) is 0 Å². The minimum absolute atomic E-state index is 0.344. The average molecular weight is 345 g/mol. The summed E-state index contributed by atoms with van der Waals surface area (Å²) in [5.74, 6) is 0.750. The fourth-order valence-corrected chi connectivity index (χ4v) is 4.67. The summed E-state index contributed by atoms with van der Waals surface area (Å²) in [4.78, 5) is 15.4. The molecule has 0 unspecified atom stereocenters. The van der Waals surface area contributed by atoms with Gasteiger partial charge < -0.3 is 0 Å². The van der Waals surface area contributed by atoms with E-state index < -0.39 is 0 Å². The number of rotatable bonds is 6. The molecule has 2 aromatic rings. The minimum Gasteiger partial charge on any atom is -0.294 e. The molecule has 0 aromatic heterocycles. The monoisotopic (exact) mass is 345 g/mol. The summed E-state index contributed by atoms with van der Waals surface area (Å²) in [6.45, 7) is 4.24. The molecule has 2 aliphatic rings. The first-order valence-electron chi connectivity index (χ1n) is 9.88. The first-order chi connectivity index (χ1) is 12.8. The molecule has 0 bridgehead atoms. The van der Waals surface area contributed by atoms with E-state index in [1.165, 1.54) is 24.0 Å². The molecule has 1 heterocycles. The molecule has 0 amide bonds. The van der Waals surface area contributed by atoms with E-state index in [1.807, 2.05) is 18.2 Å². The molecular formula is C24H27NO. The first kappa shape index (κ1) is 17.2. The number of ketones is 1. The van der Waals surface area contributed by atoms with E-state index in [2.05, 4.69) is 54.3 Å². The second-order valence-electron chi connectivity index (χ2n) is 7.59. The highest BCUT2D eigenvalue weighted by molar-refractivity contribution is 6.24. The first-order valence-corrected chi connectivity index (χ1v) is 9.88.